The Labute approximate surface area is 114 Å². The van der Waals surface area contributed by atoms with Gasteiger partial charge in [0.25, 0.3) is 5.91 Å². The number of hydrogen-bond acceptors (Lipinski definition) is 5. The average molecular weight is 334 g/mol. The molecule has 0 aliphatic carbocycles. The van der Waals surface area contributed by atoms with E-state index in [2.05, 4.69) is 31.2 Å². The van der Waals surface area contributed by atoms with E-state index in [1.807, 2.05) is 0 Å². The lowest BCUT2D eigenvalue weighted by Crippen LogP contribution is -2.13. The number of carbonyl (C=O) groups excluding carboxylic acids is 1. The fourth-order valence-electron chi connectivity index (χ4n) is 1.09. The number of nitrogens with zero attached hydrogens (tertiary/aromatic N) is 2. The fourth-order valence-corrected chi connectivity index (χ4v) is 2.11. The monoisotopic (exact) mass is 332 g/mol. The predicted molar refractivity (Wildman–Crippen MR) is 71.4 cm³/mol. The lowest BCUT2D eigenvalue weighted by Gasteiger charge is -2.05. The summed E-state index contributed by atoms with van der Waals surface area (Å²) in [6.07, 6.45) is 1.47. The number of anilines is 2. The average Bonchev–Trinajstić information content (AvgIpc) is 2.70. The molecule has 0 fully saturated rings. The third kappa shape index (κ3) is 2.93. The molecule has 2 aromatic rings. The van der Waals surface area contributed by atoms with Crippen LogP contribution in [0.5, 0.6) is 0 Å². The summed E-state index contributed by atoms with van der Waals surface area (Å²) in [5.41, 5.74) is 6.19. The summed E-state index contributed by atoms with van der Waals surface area (Å²) in [7, 11) is 0. The Morgan fingerprint density at radius 3 is 3.00 bits per heavy atom. The lowest BCUT2D eigenvalue weighted by molar-refractivity contribution is 0.102. The molecule has 0 aromatic carbocycles. The van der Waals surface area contributed by atoms with Crippen LogP contribution in [-0.2, 0) is 0 Å². The second-order valence-corrected chi connectivity index (χ2v) is 5.09. The Morgan fingerprint density at radius 1 is 1.59 bits per heavy atom. The van der Waals surface area contributed by atoms with Gasteiger partial charge in [-0.3, -0.25) is 4.79 Å². The van der Waals surface area contributed by atoms with E-state index in [1.165, 1.54) is 17.5 Å². The summed E-state index contributed by atoms with van der Waals surface area (Å²) in [6.45, 7) is 0. The van der Waals surface area contributed by atoms with E-state index < -0.39 is 0 Å². The maximum Gasteiger partial charge on any atom is 0.275 e. The van der Waals surface area contributed by atoms with Crippen molar-refractivity contribution in [3.63, 3.8) is 0 Å². The molecule has 2 heterocycles. The van der Waals surface area contributed by atoms with Gasteiger partial charge in [-0.2, -0.15) is 0 Å². The van der Waals surface area contributed by atoms with Gasteiger partial charge in [-0.1, -0.05) is 11.6 Å². The summed E-state index contributed by atoms with van der Waals surface area (Å²) < 4.78 is 0.499. The highest BCUT2D eigenvalue weighted by Gasteiger charge is 2.12. The number of amides is 1. The molecule has 0 aliphatic rings. The van der Waals surface area contributed by atoms with Gasteiger partial charge in [-0.05, 0) is 22.0 Å². The molecule has 2 aromatic heterocycles. The summed E-state index contributed by atoms with van der Waals surface area (Å²) in [5.74, 6) is -0.359. The molecule has 88 valence electrons. The Balaban J connectivity index is 2.21. The number of nitrogen functional groups attached to an aromatic ring is 1. The first-order chi connectivity index (χ1) is 8.06. The maximum absolute atomic E-state index is 11.8. The van der Waals surface area contributed by atoms with Crippen LogP contribution in [0.1, 0.15) is 10.5 Å². The van der Waals surface area contributed by atoms with Crippen molar-refractivity contribution in [2.45, 2.75) is 0 Å². The lowest BCUT2D eigenvalue weighted by atomic mass is 10.4. The molecule has 17 heavy (non-hydrogen) atoms. The van der Waals surface area contributed by atoms with Gasteiger partial charge in [-0.25, -0.2) is 9.97 Å². The van der Waals surface area contributed by atoms with Gasteiger partial charge in [0.05, 0.1) is 10.7 Å². The molecule has 0 aliphatic heterocycles. The van der Waals surface area contributed by atoms with Gasteiger partial charge in [0.1, 0.15) is 10.3 Å². The van der Waals surface area contributed by atoms with Crippen LogP contribution < -0.4 is 11.1 Å². The van der Waals surface area contributed by atoms with Gasteiger partial charge >= 0.3 is 0 Å². The normalized spacial score (nSPS) is 10.2. The number of nitrogens with two attached hydrogens (primary N) is 1. The number of aromatic nitrogens is 2. The van der Waals surface area contributed by atoms with Gasteiger partial charge in [0.2, 0.25) is 0 Å². The highest BCUT2D eigenvalue weighted by Crippen LogP contribution is 2.24. The largest absolute Gasteiger partial charge is 0.375 e. The molecule has 0 atom stereocenters. The summed E-state index contributed by atoms with van der Waals surface area (Å²) in [4.78, 5) is 19.6. The first kappa shape index (κ1) is 12.3. The van der Waals surface area contributed by atoms with E-state index in [-0.39, 0.29) is 11.6 Å². The van der Waals surface area contributed by atoms with E-state index in [9.17, 15) is 4.79 Å². The predicted octanol–water partition coefficient (Wildman–Crippen LogP) is 2.79. The van der Waals surface area contributed by atoms with Crippen molar-refractivity contribution in [1.29, 1.82) is 0 Å². The van der Waals surface area contributed by atoms with Crippen LogP contribution in [0.4, 0.5) is 10.8 Å². The number of halogens is 2. The van der Waals surface area contributed by atoms with Gasteiger partial charge < -0.3 is 11.1 Å². The first-order valence-electron chi connectivity index (χ1n) is 4.39. The third-order valence-corrected chi connectivity index (χ3v) is 3.32. The molecule has 0 unspecified atom stereocenters. The van der Waals surface area contributed by atoms with E-state index >= 15 is 0 Å². The van der Waals surface area contributed by atoms with Crippen molar-refractivity contribution in [3.8, 4) is 0 Å². The first-order valence-corrected chi connectivity index (χ1v) is 6.44. The number of hydrogen-bond donors (Lipinski definition) is 2. The molecule has 0 spiro atoms. The quantitative estimate of drug-likeness (QED) is 0.828. The minimum absolute atomic E-state index is 0.263. The molecule has 2 rings (SSSR count). The highest BCUT2D eigenvalue weighted by molar-refractivity contribution is 9.10. The Bertz CT molecular complexity index is 574. The topological polar surface area (TPSA) is 80.9 Å². The van der Waals surface area contributed by atoms with Crippen LogP contribution in [0.2, 0.25) is 5.02 Å². The van der Waals surface area contributed by atoms with Crippen LogP contribution in [0.25, 0.3) is 0 Å². The van der Waals surface area contributed by atoms with Crippen molar-refractivity contribution in [2.24, 2.45) is 0 Å². The van der Waals surface area contributed by atoms with Crippen molar-refractivity contribution in [2.75, 3.05) is 11.1 Å². The van der Waals surface area contributed by atoms with E-state index in [0.29, 0.717) is 20.4 Å². The van der Waals surface area contributed by atoms with Crippen molar-refractivity contribution in [3.05, 3.63) is 33.0 Å². The molecule has 3 N–H and O–H groups in total. The third-order valence-electron chi connectivity index (χ3n) is 1.81. The number of pyridine rings is 1. The van der Waals surface area contributed by atoms with Crippen LogP contribution in [0.15, 0.2) is 22.2 Å². The summed E-state index contributed by atoms with van der Waals surface area (Å²) in [5, 5.41) is 4.99. The molecule has 5 nitrogen and oxygen atoms in total. The zero-order chi connectivity index (χ0) is 12.4. The molecule has 0 saturated carbocycles. The van der Waals surface area contributed by atoms with E-state index in [0.717, 1.165) is 0 Å². The minimum Gasteiger partial charge on any atom is -0.375 e. The Hall–Kier alpha value is -1.18. The van der Waals surface area contributed by atoms with Gasteiger partial charge in [0, 0.05) is 11.6 Å². The second kappa shape index (κ2) is 4.99. The van der Waals surface area contributed by atoms with E-state index in [4.69, 9.17) is 17.3 Å². The number of nitrogens with one attached hydrogen (secondary N) is 1. The smallest absolute Gasteiger partial charge is 0.275 e. The number of carbonyl (C=O) groups is 1. The van der Waals surface area contributed by atoms with Crippen LogP contribution in [0, 0.1) is 0 Å². The van der Waals surface area contributed by atoms with Gasteiger partial charge in [0.15, 0.2) is 5.13 Å². The molecular weight excluding hydrogens is 328 g/mol. The molecule has 0 bridgehead atoms. The number of rotatable bonds is 2. The molecule has 0 radical (unpaired) electrons. The van der Waals surface area contributed by atoms with Crippen LogP contribution in [0.3, 0.4) is 0 Å². The summed E-state index contributed by atoms with van der Waals surface area (Å²) in [6, 6.07) is 1.59. The van der Waals surface area contributed by atoms with Crippen molar-refractivity contribution in [1.82, 2.24) is 9.97 Å². The molecule has 8 heteroatoms. The fraction of sp³-hybridized carbons (Fsp3) is 0. The van der Waals surface area contributed by atoms with Gasteiger partial charge in [-0.15, -0.1) is 11.3 Å². The SMILES string of the molecule is Nc1nc(C(=O)Nc2cc(Cl)cnc2Br)cs1. The van der Waals surface area contributed by atoms with E-state index in [1.54, 1.807) is 11.4 Å². The van der Waals surface area contributed by atoms with Crippen LogP contribution >= 0.6 is 38.9 Å². The zero-order valence-corrected chi connectivity index (χ0v) is 11.4. The Kier molecular flexibility index (Phi) is 3.60. The zero-order valence-electron chi connectivity index (χ0n) is 8.28. The molecular formula is C9H6BrClN4OS. The second-order valence-electron chi connectivity index (χ2n) is 3.02. The highest BCUT2D eigenvalue weighted by atomic mass is 79.9. The molecule has 0 saturated heterocycles. The minimum atomic E-state index is -0.359. The standard InChI is InChI=1S/C9H6BrClN4OS/c10-7-5(1-4(11)2-13-7)14-8(16)6-3-17-9(12)15-6/h1-3H,(H2,12,15)(H,14,16). The summed E-state index contributed by atoms with van der Waals surface area (Å²) >= 11 is 10.2. The van der Waals surface area contributed by atoms with Crippen molar-refractivity contribution < 1.29 is 4.79 Å². The number of thiazole rings is 1. The maximum atomic E-state index is 11.8. The van der Waals surface area contributed by atoms with Crippen molar-refractivity contribution >= 4 is 55.6 Å². The molecule has 1 amide bonds. The Morgan fingerprint density at radius 2 is 2.35 bits per heavy atom. The van der Waals surface area contributed by atoms with Crippen LogP contribution in [-0.4, -0.2) is 15.9 Å².